The predicted molar refractivity (Wildman–Crippen MR) is 104 cm³/mol. The Balaban J connectivity index is 1.57. The molecule has 0 saturated heterocycles. The molecule has 0 unspecified atom stereocenters. The van der Waals surface area contributed by atoms with Crippen molar-refractivity contribution in [1.82, 2.24) is 4.98 Å². The Hall–Kier alpha value is -2.36. The molecule has 1 aromatic carbocycles. The number of amides is 1. The molecular weight excluding hydrogens is 350 g/mol. The number of para-hydroxylation sites is 1. The lowest BCUT2D eigenvalue weighted by molar-refractivity contribution is -0.115. The maximum absolute atomic E-state index is 12.2. The molecule has 0 aliphatic heterocycles. The van der Waals surface area contributed by atoms with Gasteiger partial charge in [0.15, 0.2) is 0 Å². The summed E-state index contributed by atoms with van der Waals surface area (Å²) in [6.07, 6.45) is 0.375. The summed E-state index contributed by atoms with van der Waals surface area (Å²) in [5.74, 6) is 0.564. The second-order valence-electron chi connectivity index (χ2n) is 5.59. The first-order valence-corrected chi connectivity index (χ1v) is 9.67. The van der Waals surface area contributed by atoms with Gasteiger partial charge in [0.2, 0.25) is 5.91 Å². The Labute approximate surface area is 154 Å². The van der Waals surface area contributed by atoms with E-state index in [9.17, 15) is 10.1 Å². The maximum atomic E-state index is 12.2. The lowest BCUT2D eigenvalue weighted by Crippen LogP contribution is -2.12. The van der Waals surface area contributed by atoms with Gasteiger partial charge in [0.05, 0.1) is 16.1 Å². The van der Waals surface area contributed by atoms with E-state index in [2.05, 4.69) is 16.4 Å². The van der Waals surface area contributed by atoms with Gasteiger partial charge >= 0.3 is 0 Å². The summed E-state index contributed by atoms with van der Waals surface area (Å²) in [7, 11) is 0. The van der Waals surface area contributed by atoms with Crippen molar-refractivity contribution in [2.75, 3.05) is 11.1 Å². The van der Waals surface area contributed by atoms with Crippen LogP contribution in [0.2, 0.25) is 0 Å². The van der Waals surface area contributed by atoms with E-state index in [4.69, 9.17) is 0 Å². The van der Waals surface area contributed by atoms with E-state index in [1.165, 1.54) is 11.3 Å². The monoisotopic (exact) mass is 367 g/mol. The first kappa shape index (κ1) is 17.5. The van der Waals surface area contributed by atoms with E-state index in [1.54, 1.807) is 11.8 Å². The fraction of sp³-hybridized carbons (Fsp3) is 0.211. The van der Waals surface area contributed by atoms with Gasteiger partial charge in [-0.3, -0.25) is 4.79 Å². The van der Waals surface area contributed by atoms with Gasteiger partial charge in [-0.15, -0.1) is 23.1 Å². The molecule has 0 atom stereocenters. The zero-order valence-electron chi connectivity index (χ0n) is 14.0. The van der Waals surface area contributed by atoms with Gasteiger partial charge in [0.1, 0.15) is 11.1 Å². The highest BCUT2D eigenvalue weighted by molar-refractivity contribution is 7.99. The first-order valence-electron chi connectivity index (χ1n) is 7.87. The number of rotatable bonds is 5. The Kier molecular flexibility index (Phi) is 5.37. The van der Waals surface area contributed by atoms with Crippen LogP contribution < -0.4 is 5.32 Å². The third kappa shape index (κ3) is 4.01. The predicted octanol–water partition coefficient (Wildman–Crippen LogP) is 4.91. The minimum absolute atomic E-state index is 0.0777. The van der Waals surface area contributed by atoms with Crippen LogP contribution >= 0.6 is 23.1 Å². The van der Waals surface area contributed by atoms with Crippen LogP contribution in [0, 0.1) is 25.2 Å². The SMILES string of the molecule is Cc1sc(NC(=O)CCSc2ccc3ccccc3n2)c(C#N)c1C. The van der Waals surface area contributed by atoms with Crippen molar-refractivity contribution in [2.24, 2.45) is 0 Å². The number of benzene rings is 1. The number of thiophene rings is 1. The number of nitriles is 1. The molecule has 1 N–H and O–H groups in total. The number of nitrogens with one attached hydrogen (secondary N) is 1. The topological polar surface area (TPSA) is 65.8 Å². The van der Waals surface area contributed by atoms with Crippen LogP contribution in [0.15, 0.2) is 41.4 Å². The van der Waals surface area contributed by atoms with Crippen LogP contribution in [0.4, 0.5) is 5.00 Å². The number of nitrogens with zero attached hydrogens (tertiary/aromatic N) is 2. The number of pyridine rings is 1. The maximum Gasteiger partial charge on any atom is 0.225 e. The molecule has 2 heterocycles. The van der Waals surface area contributed by atoms with Crippen LogP contribution in [0.5, 0.6) is 0 Å². The summed E-state index contributed by atoms with van der Waals surface area (Å²) < 4.78 is 0. The highest BCUT2D eigenvalue weighted by atomic mass is 32.2. The van der Waals surface area contributed by atoms with Gasteiger partial charge in [-0.25, -0.2) is 4.98 Å². The molecule has 0 saturated carbocycles. The highest BCUT2D eigenvalue weighted by Crippen LogP contribution is 2.31. The molecule has 3 aromatic rings. The van der Waals surface area contributed by atoms with Gasteiger partial charge in [-0.2, -0.15) is 5.26 Å². The molecule has 0 radical (unpaired) electrons. The summed E-state index contributed by atoms with van der Waals surface area (Å²) in [5.41, 5.74) is 2.47. The summed E-state index contributed by atoms with van der Waals surface area (Å²) in [4.78, 5) is 17.8. The quantitative estimate of drug-likeness (QED) is 0.651. The van der Waals surface area contributed by atoms with Gasteiger partial charge in [-0.05, 0) is 31.5 Å². The van der Waals surface area contributed by atoms with Crippen molar-refractivity contribution in [2.45, 2.75) is 25.3 Å². The number of anilines is 1. The molecule has 25 heavy (non-hydrogen) atoms. The molecule has 0 bridgehead atoms. The number of thioether (sulfide) groups is 1. The lowest BCUT2D eigenvalue weighted by atomic mass is 10.2. The molecule has 2 aromatic heterocycles. The van der Waals surface area contributed by atoms with Crippen molar-refractivity contribution < 1.29 is 4.79 Å². The number of fused-ring (bicyclic) bond motifs is 1. The molecule has 126 valence electrons. The van der Waals surface area contributed by atoms with Crippen LogP contribution in [0.1, 0.15) is 22.4 Å². The number of hydrogen-bond donors (Lipinski definition) is 1. The van der Waals surface area contributed by atoms with Crippen molar-refractivity contribution in [3.8, 4) is 6.07 Å². The van der Waals surface area contributed by atoms with Crippen molar-refractivity contribution in [3.63, 3.8) is 0 Å². The van der Waals surface area contributed by atoms with Gasteiger partial charge in [-0.1, -0.05) is 24.3 Å². The number of carbonyl (C=O) groups excluding carboxylic acids is 1. The van der Waals surface area contributed by atoms with Crippen molar-refractivity contribution in [3.05, 3.63) is 52.4 Å². The normalized spacial score (nSPS) is 10.6. The Morgan fingerprint density at radius 1 is 1.28 bits per heavy atom. The molecular formula is C19H17N3OS2. The summed E-state index contributed by atoms with van der Waals surface area (Å²) >= 11 is 3.01. The molecule has 1 amide bonds. The molecule has 0 aliphatic carbocycles. The molecule has 0 spiro atoms. The zero-order chi connectivity index (χ0) is 17.8. The van der Waals surface area contributed by atoms with Gasteiger partial charge in [0.25, 0.3) is 0 Å². The number of hydrogen-bond acceptors (Lipinski definition) is 5. The second-order valence-corrected chi connectivity index (χ2v) is 7.93. The van der Waals surface area contributed by atoms with E-state index in [0.29, 0.717) is 22.7 Å². The average molecular weight is 367 g/mol. The Morgan fingerprint density at radius 2 is 2.08 bits per heavy atom. The number of aryl methyl sites for hydroxylation is 1. The van der Waals surface area contributed by atoms with Crippen LogP contribution in [-0.4, -0.2) is 16.6 Å². The molecule has 3 rings (SSSR count). The molecule has 0 fully saturated rings. The minimum atomic E-state index is -0.0777. The lowest BCUT2D eigenvalue weighted by Gasteiger charge is -2.04. The van der Waals surface area contributed by atoms with Crippen LogP contribution in [0.3, 0.4) is 0 Å². The van der Waals surface area contributed by atoms with E-state index < -0.39 is 0 Å². The Morgan fingerprint density at radius 3 is 2.88 bits per heavy atom. The van der Waals surface area contributed by atoms with Gasteiger partial charge in [0, 0.05) is 22.4 Å². The molecule has 0 aliphatic rings. The van der Waals surface area contributed by atoms with Gasteiger partial charge < -0.3 is 5.32 Å². The third-order valence-electron chi connectivity index (χ3n) is 3.90. The fourth-order valence-corrected chi connectivity index (χ4v) is 4.27. The van der Waals surface area contributed by atoms with Crippen molar-refractivity contribution in [1.29, 1.82) is 5.26 Å². The van der Waals surface area contributed by atoms with Crippen molar-refractivity contribution >= 4 is 44.9 Å². The summed E-state index contributed by atoms with van der Waals surface area (Å²) in [6, 6.07) is 14.2. The first-order chi connectivity index (χ1) is 12.1. The number of aromatic nitrogens is 1. The van der Waals surface area contributed by atoms with E-state index in [1.807, 2.05) is 50.2 Å². The van der Waals surface area contributed by atoms with E-state index in [-0.39, 0.29) is 5.91 Å². The van der Waals surface area contributed by atoms with Crippen LogP contribution in [0.25, 0.3) is 10.9 Å². The van der Waals surface area contributed by atoms with E-state index in [0.717, 1.165) is 26.4 Å². The third-order valence-corrected chi connectivity index (χ3v) is 5.96. The number of carbonyl (C=O) groups is 1. The summed E-state index contributed by atoms with van der Waals surface area (Å²) in [6.45, 7) is 3.86. The highest BCUT2D eigenvalue weighted by Gasteiger charge is 2.14. The van der Waals surface area contributed by atoms with E-state index >= 15 is 0 Å². The molecule has 4 nitrogen and oxygen atoms in total. The zero-order valence-corrected chi connectivity index (χ0v) is 15.6. The minimum Gasteiger partial charge on any atom is -0.317 e. The standard InChI is InChI=1S/C19H17N3OS2/c1-12-13(2)25-19(15(12)11-20)22-17(23)9-10-24-18-8-7-14-5-3-4-6-16(14)21-18/h3-8H,9-10H2,1-2H3,(H,22,23). The largest absolute Gasteiger partial charge is 0.317 e. The second kappa shape index (κ2) is 7.68. The molecule has 6 heteroatoms. The average Bonchev–Trinajstić information content (AvgIpc) is 2.88. The smallest absolute Gasteiger partial charge is 0.225 e. The van der Waals surface area contributed by atoms with Crippen LogP contribution in [-0.2, 0) is 4.79 Å². The fourth-order valence-electron chi connectivity index (χ4n) is 2.41. The summed E-state index contributed by atoms with van der Waals surface area (Å²) in [5, 5.41) is 14.8. The Bertz CT molecular complexity index is 972.